The van der Waals surface area contributed by atoms with Gasteiger partial charge in [-0.1, -0.05) is 0 Å². The number of rotatable bonds is 4. The van der Waals surface area contributed by atoms with Crippen LogP contribution in [0.2, 0.25) is 0 Å². The number of nitrogens with one attached hydrogen (secondary N) is 1. The summed E-state index contributed by atoms with van der Waals surface area (Å²) in [4.78, 5) is 13.0. The third kappa shape index (κ3) is 3.45. The first-order chi connectivity index (χ1) is 8.08. The summed E-state index contributed by atoms with van der Waals surface area (Å²) < 4.78 is 13.3. The Kier molecular flexibility index (Phi) is 4.46. The fourth-order valence-electron chi connectivity index (χ4n) is 1.39. The molecule has 0 saturated heterocycles. The molecule has 0 aliphatic rings. The quantitative estimate of drug-likeness (QED) is 0.855. The number of anilines is 1. The standard InChI is InChI=1S/C12H14FN3O/c1-3-15-12(17)8-16(2)10-5-4-9(7-14)11(13)6-10/h4-6H,3,8H2,1-2H3,(H,15,17). The van der Waals surface area contributed by atoms with E-state index < -0.39 is 5.82 Å². The van der Waals surface area contributed by atoms with Crippen molar-refractivity contribution >= 4 is 11.6 Å². The van der Waals surface area contributed by atoms with Crippen LogP contribution in [0.3, 0.4) is 0 Å². The van der Waals surface area contributed by atoms with Gasteiger partial charge in [-0.2, -0.15) is 5.26 Å². The molecule has 0 heterocycles. The van der Waals surface area contributed by atoms with E-state index in [0.717, 1.165) is 0 Å². The van der Waals surface area contributed by atoms with E-state index in [4.69, 9.17) is 5.26 Å². The van der Waals surface area contributed by atoms with Crippen molar-refractivity contribution < 1.29 is 9.18 Å². The average Bonchev–Trinajstić information content (AvgIpc) is 2.29. The minimum absolute atomic E-state index is 0.000148. The Labute approximate surface area is 99.7 Å². The first kappa shape index (κ1) is 13.0. The van der Waals surface area contributed by atoms with Crippen LogP contribution in [0.4, 0.5) is 10.1 Å². The summed E-state index contributed by atoms with van der Waals surface area (Å²) in [6, 6.07) is 6.01. The Balaban J connectivity index is 2.76. The molecule has 0 bridgehead atoms. The van der Waals surface area contributed by atoms with Crippen molar-refractivity contribution in [2.24, 2.45) is 0 Å². The van der Waals surface area contributed by atoms with Crippen molar-refractivity contribution in [1.82, 2.24) is 5.32 Å². The average molecular weight is 235 g/mol. The third-order valence-electron chi connectivity index (χ3n) is 2.27. The monoisotopic (exact) mass is 235 g/mol. The molecule has 0 aromatic heterocycles. The maximum Gasteiger partial charge on any atom is 0.239 e. The van der Waals surface area contributed by atoms with Crippen LogP contribution < -0.4 is 10.2 Å². The van der Waals surface area contributed by atoms with E-state index in [9.17, 15) is 9.18 Å². The lowest BCUT2D eigenvalue weighted by molar-refractivity contribution is -0.119. The highest BCUT2D eigenvalue weighted by Gasteiger charge is 2.09. The maximum absolute atomic E-state index is 13.3. The maximum atomic E-state index is 13.3. The van der Waals surface area contributed by atoms with Gasteiger partial charge in [0.2, 0.25) is 5.91 Å². The lowest BCUT2D eigenvalue weighted by Crippen LogP contribution is -2.34. The Morgan fingerprint density at radius 2 is 2.29 bits per heavy atom. The molecule has 1 aromatic rings. The molecule has 0 atom stereocenters. The second kappa shape index (κ2) is 5.85. The number of halogens is 1. The van der Waals surface area contributed by atoms with E-state index in [0.29, 0.717) is 12.2 Å². The number of amides is 1. The van der Waals surface area contributed by atoms with Crippen LogP contribution >= 0.6 is 0 Å². The number of hydrogen-bond donors (Lipinski definition) is 1. The molecule has 1 aromatic carbocycles. The van der Waals surface area contributed by atoms with Crippen LogP contribution in [-0.4, -0.2) is 26.0 Å². The van der Waals surface area contributed by atoms with Crippen molar-refractivity contribution in [3.05, 3.63) is 29.6 Å². The molecule has 0 unspecified atom stereocenters. The van der Waals surface area contributed by atoms with Gasteiger partial charge in [-0.25, -0.2) is 4.39 Å². The Hall–Kier alpha value is -2.09. The molecular weight excluding hydrogens is 221 g/mol. The summed E-state index contributed by atoms with van der Waals surface area (Å²) in [5.74, 6) is -0.701. The first-order valence-electron chi connectivity index (χ1n) is 5.26. The predicted octanol–water partition coefficient (Wildman–Crippen LogP) is 1.27. The largest absolute Gasteiger partial charge is 0.365 e. The van der Waals surface area contributed by atoms with Gasteiger partial charge in [-0.05, 0) is 25.1 Å². The van der Waals surface area contributed by atoms with E-state index in [-0.39, 0.29) is 18.0 Å². The lowest BCUT2D eigenvalue weighted by atomic mass is 10.2. The second-order valence-electron chi connectivity index (χ2n) is 3.59. The molecular formula is C12H14FN3O. The Morgan fingerprint density at radius 1 is 1.59 bits per heavy atom. The molecule has 1 N–H and O–H groups in total. The zero-order valence-electron chi connectivity index (χ0n) is 9.83. The van der Waals surface area contributed by atoms with Crippen molar-refractivity contribution in [3.8, 4) is 6.07 Å². The molecule has 17 heavy (non-hydrogen) atoms. The summed E-state index contributed by atoms with van der Waals surface area (Å²) in [5, 5.41) is 11.3. The number of nitrogens with zero attached hydrogens (tertiary/aromatic N) is 2. The number of carbonyl (C=O) groups is 1. The lowest BCUT2D eigenvalue weighted by Gasteiger charge is -2.18. The number of hydrogen-bond acceptors (Lipinski definition) is 3. The van der Waals surface area contributed by atoms with Gasteiger partial charge in [-0.15, -0.1) is 0 Å². The highest BCUT2D eigenvalue weighted by Crippen LogP contribution is 2.16. The van der Waals surface area contributed by atoms with Gasteiger partial charge in [0.05, 0.1) is 12.1 Å². The van der Waals surface area contributed by atoms with Crippen LogP contribution in [0.25, 0.3) is 0 Å². The van der Waals surface area contributed by atoms with Crippen LogP contribution in [-0.2, 0) is 4.79 Å². The van der Waals surface area contributed by atoms with E-state index in [1.54, 1.807) is 24.1 Å². The smallest absolute Gasteiger partial charge is 0.239 e. The highest BCUT2D eigenvalue weighted by molar-refractivity contribution is 5.81. The summed E-state index contributed by atoms with van der Waals surface area (Å²) >= 11 is 0. The van der Waals surface area contributed by atoms with Crippen molar-refractivity contribution in [3.63, 3.8) is 0 Å². The summed E-state index contributed by atoms with van der Waals surface area (Å²) in [5.41, 5.74) is 0.563. The normalized spacial score (nSPS) is 9.53. The minimum atomic E-state index is -0.576. The van der Waals surface area contributed by atoms with Gasteiger partial charge in [0.15, 0.2) is 0 Å². The van der Waals surface area contributed by atoms with E-state index in [1.807, 2.05) is 6.92 Å². The topological polar surface area (TPSA) is 56.1 Å². The van der Waals surface area contributed by atoms with Gasteiger partial charge in [0, 0.05) is 19.3 Å². The van der Waals surface area contributed by atoms with Crippen LogP contribution in [0.1, 0.15) is 12.5 Å². The number of likely N-dealkylation sites (N-methyl/N-ethyl adjacent to an activating group) is 2. The molecule has 0 aliphatic heterocycles. The zero-order valence-corrected chi connectivity index (χ0v) is 9.83. The number of nitriles is 1. The Morgan fingerprint density at radius 3 is 2.82 bits per heavy atom. The molecule has 1 amide bonds. The molecule has 90 valence electrons. The molecule has 0 radical (unpaired) electrons. The molecule has 0 aliphatic carbocycles. The number of carbonyl (C=O) groups excluding carboxylic acids is 1. The van der Waals surface area contributed by atoms with Crippen LogP contribution in [0.5, 0.6) is 0 Å². The molecule has 4 nitrogen and oxygen atoms in total. The zero-order chi connectivity index (χ0) is 12.8. The summed E-state index contributed by atoms with van der Waals surface area (Å²) in [7, 11) is 1.69. The van der Waals surface area contributed by atoms with Gasteiger partial charge < -0.3 is 10.2 Å². The van der Waals surface area contributed by atoms with Gasteiger partial charge in [0.25, 0.3) is 0 Å². The minimum Gasteiger partial charge on any atom is -0.365 e. The second-order valence-corrected chi connectivity index (χ2v) is 3.59. The Bertz CT molecular complexity index is 454. The first-order valence-corrected chi connectivity index (χ1v) is 5.26. The van der Waals surface area contributed by atoms with Gasteiger partial charge in [-0.3, -0.25) is 4.79 Å². The fourth-order valence-corrected chi connectivity index (χ4v) is 1.39. The third-order valence-corrected chi connectivity index (χ3v) is 2.27. The van der Waals surface area contributed by atoms with E-state index in [1.165, 1.54) is 12.1 Å². The van der Waals surface area contributed by atoms with Crippen molar-refractivity contribution in [2.75, 3.05) is 25.0 Å². The highest BCUT2D eigenvalue weighted by atomic mass is 19.1. The molecule has 0 spiro atoms. The van der Waals surface area contributed by atoms with Gasteiger partial charge in [0.1, 0.15) is 11.9 Å². The predicted molar refractivity (Wildman–Crippen MR) is 63.1 cm³/mol. The molecule has 0 fully saturated rings. The van der Waals surface area contributed by atoms with E-state index in [2.05, 4.69) is 5.32 Å². The molecule has 5 heteroatoms. The summed E-state index contributed by atoms with van der Waals surface area (Å²) in [6.07, 6.45) is 0. The van der Waals surface area contributed by atoms with E-state index >= 15 is 0 Å². The SMILES string of the molecule is CCNC(=O)CN(C)c1ccc(C#N)c(F)c1. The molecule has 1 rings (SSSR count). The summed E-state index contributed by atoms with van der Waals surface area (Å²) in [6.45, 7) is 2.55. The molecule has 0 saturated carbocycles. The fraction of sp³-hybridized carbons (Fsp3) is 0.333. The van der Waals surface area contributed by atoms with Gasteiger partial charge >= 0.3 is 0 Å². The van der Waals surface area contributed by atoms with Crippen molar-refractivity contribution in [1.29, 1.82) is 5.26 Å². The van der Waals surface area contributed by atoms with Crippen LogP contribution in [0, 0.1) is 17.1 Å². The van der Waals surface area contributed by atoms with Crippen molar-refractivity contribution in [2.45, 2.75) is 6.92 Å². The van der Waals surface area contributed by atoms with Crippen LogP contribution in [0.15, 0.2) is 18.2 Å². The number of benzene rings is 1.